The zero-order chi connectivity index (χ0) is 16.9. The lowest BCUT2D eigenvalue weighted by Crippen LogP contribution is -2.43. The van der Waals surface area contributed by atoms with Crippen molar-refractivity contribution in [2.24, 2.45) is 0 Å². The van der Waals surface area contributed by atoms with Crippen LogP contribution in [0, 0.1) is 0 Å². The van der Waals surface area contributed by atoms with E-state index in [0.717, 1.165) is 17.0 Å². The van der Waals surface area contributed by atoms with E-state index in [2.05, 4.69) is 15.5 Å². The Bertz CT molecular complexity index is 637. The van der Waals surface area contributed by atoms with Gasteiger partial charge in [0.05, 0.1) is 12.1 Å². The Balaban J connectivity index is 2.10. The first kappa shape index (κ1) is 17.4. The average molecular weight is 334 g/mol. The van der Waals surface area contributed by atoms with E-state index in [1.807, 2.05) is 37.3 Å². The molecular weight excluding hydrogens is 312 g/mol. The fourth-order valence-corrected chi connectivity index (χ4v) is 2.76. The Kier molecular flexibility index (Phi) is 5.68. The highest BCUT2D eigenvalue weighted by Crippen LogP contribution is 2.17. The van der Waals surface area contributed by atoms with Gasteiger partial charge in [-0.15, -0.1) is 10.2 Å². The Morgan fingerprint density at radius 1 is 1.30 bits per heavy atom. The van der Waals surface area contributed by atoms with Gasteiger partial charge in [-0.1, -0.05) is 48.6 Å². The van der Waals surface area contributed by atoms with Crippen LogP contribution in [-0.4, -0.2) is 38.4 Å². The zero-order valence-electron chi connectivity index (χ0n) is 13.6. The highest BCUT2D eigenvalue weighted by atomic mass is 32.1. The van der Waals surface area contributed by atoms with Crippen LogP contribution in [0.3, 0.4) is 0 Å². The van der Waals surface area contributed by atoms with Crippen molar-refractivity contribution in [3.8, 4) is 0 Å². The lowest BCUT2D eigenvalue weighted by molar-refractivity contribution is 0.0469. The van der Waals surface area contributed by atoms with E-state index in [-0.39, 0.29) is 12.6 Å². The maximum absolute atomic E-state index is 12.5. The average Bonchev–Trinajstić information content (AvgIpc) is 2.94. The summed E-state index contributed by atoms with van der Waals surface area (Å²) in [5.74, 6) is 0. The summed E-state index contributed by atoms with van der Waals surface area (Å²) in [4.78, 5) is 14.1. The van der Waals surface area contributed by atoms with E-state index in [4.69, 9.17) is 0 Å². The molecule has 0 unspecified atom stereocenters. The van der Waals surface area contributed by atoms with Crippen LogP contribution in [0.4, 0.5) is 9.93 Å². The third-order valence-electron chi connectivity index (χ3n) is 3.06. The predicted molar refractivity (Wildman–Crippen MR) is 91.5 cm³/mol. The maximum atomic E-state index is 12.5. The van der Waals surface area contributed by atoms with Crippen molar-refractivity contribution in [3.05, 3.63) is 40.9 Å². The largest absolute Gasteiger partial charge is 0.389 e. The minimum Gasteiger partial charge on any atom is -0.389 e. The van der Waals surface area contributed by atoms with Crippen LogP contribution in [0.25, 0.3) is 0 Å². The number of urea groups is 1. The molecule has 2 amide bonds. The maximum Gasteiger partial charge on any atom is 0.324 e. The molecule has 1 heterocycles. The molecule has 0 fully saturated rings. The van der Waals surface area contributed by atoms with Gasteiger partial charge in [-0.3, -0.25) is 5.32 Å². The van der Waals surface area contributed by atoms with Crippen LogP contribution in [0.2, 0.25) is 0 Å². The van der Waals surface area contributed by atoms with E-state index in [1.165, 1.54) is 11.3 Å². The van der Waals surface area contributed by atoms with Crippen molar-refractivity contribution < 1.29 is 9.90 Å². The van der Waals surface area contributed by atoms with Crippen molar-refractivity contribution >= 4 is 22.5 Å². The molecule has 0 aliphatic rings. The van der Waals surface area contributed by atoms with E-state index >= 15 is 0 Å². The van der Waals surface area contributed by atoms with Crippen molar-refractivity contribution in [1.82, 2.24) is 15.1 Å². The number of nitrogens with zero attached hydrogens (tertiary/aromatic N) is 3. The number of nitrogens with one attached hydrogen (secondary N) is 1. The highest BCUT2D eigenvalue weighted by molar-refractivity contribution is 7.15. The fraction of sp³-hybridized carbons (Fsp3) is 0.438. The van der Waals surface area contributed by atoms with E-state index in [0.29, 0.717) is 11.7 Å². The topological polar surface area (TPSA) is 78.4 Å². The molecule has 23 heavy (non-hydrogen) atoms. The molecule has 0 atom stereocenters. The molecule has 0 saturated heterocycles. The number of rotatable bonds is 6. The second-order valence-electron chi connectivity index (χ2n) is 5.94. The lowest BCUT2D eigenvalue weighted by Gasteiger charge is -2.29. The molecule has 7 heteroatoms. The minimum atomic E-state index is -0.984. The summed E-state index contributed by atoms with van der Waals surface area (Å²) < 4.78 is 0. The van der Waals surface area contributed by atoms with E-state index < -0.39 is 5.60 Å². The molecule has 0 aliphatic carbocycles. The molecule has 0 radical (unpaired) electrons. The first-order valence-electron chi connectivity index (χ1n) is 7.52. The number of carbonyl (C=O) groups is 1. The highest BCUT2D eigenvalue weighted by Gasteiger charge is 2.23. The van der Waals surface area contributed by atoms with Crippen molar-refractivity contribution in [3.63, 3.8) is 0 Å². The first-order valence-corrected chi connectivity index (χ1v) is 8.33. The number of anilines is 1. The first-order chi connectivity index (χ1) is 10.9. The Morgan fingerprint density at radius 2 is 2.00 bits per heavy atom. The lowest BCUT2D eigenvalue weighted by atomic mass is 10.1. The summed E-state index contributed by atoms with van der Waals surface area (Å²) in [7, 11) is 0. The number of hydrogen-bond acceptors (Lipinski definition) is 5. The zero-order valence-corrected chi connectivity index (χ0v) is 14.4. The van der Waals surface area contributed by atoms with E-state index in [9.17, 15) is 9.90 Å². The smallest absolute Gasteiger partial charge is 0.324 e. The van der Waals surface area contributed by atoms with Gasteiger partial charge in [0.15, 0.2) is 0 Å². The van der Waals surface area contributed by atoms with Gasteiger partial charge in [0, 0.05) is 6.54 Å². The molecule has 2 N–H and O–H groups in total. The summed E-state index contributed by atoms with van der Waals surface area (Å²) in [5, 5.41) is 22.1. The number of benzene rings is 1. The Hall–Kier alpha value is -1.99. The molecule has 1 aromatic heterocycles. The number of aromatic nitrogens is 2. The van der Waals surface area contributed by atoms with E-state index in [1.54, 1.807) is 18.7 Å². The summed E-state index contributed by atoms with van der Waals surface area (Å²) in [6.07, 6.45) is 0.783. The SMILES string of the molecule is CCc1nnc(NC(=O)N(Cc2ccccc2)CC(C)(C)O)s1. The number of aryl methyl sites for hydroxylation is 1. The van der Waals surface area contributed by atoms with Gasteiger partial charge in [-0.05, 0) is 25.8 Å². The molecule has 2 aromatic rings. The summed E-state index contributed by atoms with van der Waals surface area (Å²) in [6, 6.07) is 9.38. The molecule has 124 valence electrons. The Morgan fingerprint density at radius 3 is 2.57 bits per heavy atom. The predicted octanol–water partition coefficient (Wildman–Crippen LogP) is 2.91. The number of hydrogen-bond donors (Lipinski definition) is 2. The summed E-state index contributed by atoms with van der Waals surface area (Å²) in [6.45, 7) is 5.97. The van der Waals surface area contributed by atoms with Gasteiger partial charge in [-0.25, -0.2) is 4.79 Å². The number of amides is 2. The van der Waals surface area contributed by atoms with Crippen LogP contribution in [0.5, 0.6) is 0 Å². The standard InChI is InChI=1S/C16H22N4O2S/c1-4-13-18-19-14(23-13)17-15(21)20(11-16(2,3)22)10-12-8-6-5-7-9-12/h5-9,22H,4,10-11H2,1-3H3,(H,17,19,21). The normalized spacial score (nSPS) is 11.3. The Labute approximate surface area is 140 Å². The summed E-state index contributed by atoms with van der Waals surface area (Å²) in [5.41, 5.74) is 0.0142. The van der Waals surface area contributed by atoms with Crippen LogP contribution in [0.1, 0.15) is 31.3 Å². The molecule has 1 aromatic carbocycles. The third kappa shape index (κ3) is 5.61. The van der Waals surface area contributed by atoms with Crippen molar-refractivity contribution in [2.45, 2.75) is 39.3 Å². The monoisotopic (exact) mass is 334 g/mol. The van der Waals surface area contributed by atoms with Crippen LogP contribution in [-0.2, 0) is 13.0 Å². The second-order valence-corrected chi connectivity index (χ2v) is 7.00. The van der Waals surface area contributed by atoms with Gasteiger partial charge >= 0.3 is 6.03 Å². The van der Waals surface area contributed by atoms with Gasteiger partial charge in [0.2, 0.25) is 5.13 Å². The molecular formula is C16H22N4O2S. The van der Waals surface area contributed by atoms with Gasteiger partial charge in [0.25, 0.3) is 0 Å². The summed E-state index contributed by atoms with van der Waals surface area (Å²) >= 11 is 1.36. The second kappa shape index (κ2) is 7.52. The molecule has 0 bridgehead atoms. The van der Waals surface area contributed by atoms with Crippen molar-refractivity contribution in [2.75, 3.05) is 11.9 Å². The molecule has 0 spiro atoms. The van der Waals surface area contributed by atoms with Gasteiger partial charge < -0.3 is 10.0 Å². The van der Waals surface area contributed by atoms with Gasteiger partial charge in [0.1, 0.15) is 5.01 Å². The molecule has 0 aliphatic heterocycles. The van der Waals surface area contributed by atoms with Crippen LogP contribution < -0.4 is 5.32 Å². The van der Waals surface area contributed by atoms with Crippen LogP contribution >= 0.6 is 11.3 Å². The van der Waals surface area contributed by atoms with Gasteiger partial charge in [-0.2, -0.15) is 0 Å². The van der Waals surface area contributed by atoms with Crippen LogP contribution in [0.15, 0.2) is 30.3 Å². The molecule has 0 saturated carbocycles. The fourth-order valence-electron chi connectivity index (χ4n) is 2.09. The van der Waals surface area contributed by atoms with Crippen molar-refractivity contribution in [1.29, 1.82) is 0 Å². The molecule has 6 nitrogen and oxygen atoms in total. The molecule has 2 rings (SSSR count). The quantitative estimate of drug-likeness (QED) is 0.851. The minimum absolute atomic E-state index is 0.215. The number of aliphatic hydroxyl groups is 1. The number of carbonyl (C=O) groups excluding carboxylic acids is 1. The third-order valence-corrected chi connectivity index (χ3v) is 4.05.